The van der Waals surface area contributed by atoms with Crippen LogP contribution in [0.3, 0.4) is 0 Å². The fraction of sp³-hybridized carbons (Fsp3) is 1.00. The minimum absolute atomic E-state index is 0.407. The summed E-state index contributed by atoms with van der Waals surface area (Å²) in [5.41, 5.74) is 0.542. The Morgan fingerprint density at radius 2 is 1.07 bits per heavy atom. The Morgan fingerprint density at radius 3 is 1.07 bits per heavy atom. The summed E-state index contributed by atoms with van der Waals surface area (Å²) in [6.45, 7) is 17.4. The van der Waals surface area contributed by atoms with Crippen molar-refractivity contribution in [1.29, 1.82) is 0 Å². The molecule has 0 spiro atoms. The van der Waals surface area contributed by atoms with E-state index >= 15 is 0 Å². The van der Waals surface area contributed by atoms with E-state index in [1.54, 1.807) is 0 Å². The van der Waals surface area contributed by atoms with Crippen LogP contribution in [0.4, 0.5) is 0 Å². The van der Waals surface area contributed by atoms with Gasteiger partial charge in [-0.2, -0.15) is 0 Å². The van der Waals surface area contributed by atoms with Crippen molar-refractivity contribution in [2.24, 2.45) is 5.41 Å². The summed E-state index contributed by atoms with van der Waals surface area (Å²) in [6, 6.07) is 0. The molecule has 0 aromatic heterocycles. The second-order valence-electron chi connectivity index (χ2n) is 5.04. The van der Waals surface area contributed by atoms with Gasteiger partial charge in [0.1, 0.15) is 0 Å². The highest BCUT2D eigenvalue weighted by Gasteiger charge is 2.03. The summed E-state index contributed by atoms with van der Waals surface area (Å²) in [4.78, 5) is 0. The largest absolute Gasteiger partial charge is 0.123 e. The van der Waals surface area contributed by atoms with E-state index < -0.39 is 0 Å². The van der Waals surface area contributed by atoms with E-state index in [0.29, 0.717) is 10.8 Å². The maximum absolute atomic E-state index is 5.65. The zero-order valence-corrected chi connectivity index (χ0v) is 13.0. The molecule has 0 unspecified atom stereocenters. The van der Waals surface area contributed by atoms with Crippen molar-refractivity contribution in [3.8, 4) is 0 Å². The Morgan fingerprint density at radius 1 is 0.867 bits per heavy atom. The summed E-state index contributed by atoms with van der Waals surface area (Å²) >= 11 is 5.65. The van der Waals surface area contributed by atoms with Gasteiger partial charge in [0.25, 0.3) is 0 Å². The second-order valence-corrected chi connectivity index (χ2v) is 5.65. The summed E-state index contributed by atoms with van der Waals surface area (Å²) in [5, 5.41) is 0.407. The topological polar surface area (TPSA) is 0 Å². The summed E-state index contributed by atoms with van der Waals surface area (Å²) in [7, 11) is 0. The second kappa shape index (κ2) is 14.3. The van der Waals surface area contributed by atoms with Crippen LogP contribution in [0.15, 0.2) is 0 Å². The molecule has 15 heavy (non-hydrogen) atoms. The van der Waals surface area contributed by atoms with Gasteiger partial charge >= 0.3 is 0 Å². The molecule has 0 saturated carbocycles. The van der Waals surface area contributed by atoms with Gasteiger partial charge in [-0.25, -0.2) is 0 Å². The number of rotatable bonds is 2. The molecule has 0 fully saturated rings. The molecule has 0 atom stereocenters. The highest BCUT2D eigenvalue weighted by Crippen LogP contribution is 2.16. The van der Waals surface area contributed by atoms with Gasteiger partial charge in [0.2, 0.25) is 0 Å². The number of hydrogen-bond donors (Lipinski definition) is 0. The van der Waals surface area contributed by atoms with Gasteiger partial charge in [0.05, 0.1) is 0 Å². The van der Waals surface area contributed by atoms with Crippen LogP contribution in [0.1, 0.15) is 81.1 Å². The number of alkyl halides is 1. The molecule has 0 radical (unpaired) electrons. The van der Waals surface area contributed by atoms with Gasteiger partial charge < -0.3 is 0 Å². The molecule has 0 N–H and O–H groups in total. The van der Waals surface area contributed by atoms with Gasteiger partial charge in [-0.05, 0) is 18.3 Å². The lowest BCUT2D eigenvalue weighted by atomic mass is 9.94. The molecule has 0 aliphatic heterocycles. The molecule has 0 amide bonds. The quantitative estimate of drug-likeness (QED) is 0.496. The van der Waals surface area contributed by atoms with Gasteiger partial charge in [-0.3, -0.25) is 0 Å². The van der Waals surface area contributed by atoms with Crippen LogP contribution in [0.2, 0.25) is 0 Å². The van der Waals surface area contributed by atoms with Crippen LogP contribution in [0, 0.1) is 5.41 Å². The molecule has 0 saturated heterocycles. The monoisotopic (exact) mass is 236 g/mol. The van der Waals surface area contributed by atoms with Crippen molar-refractivity contribution < 1.29 is 0 Å². The van der Waals surface area contributed by atoms with Crippen molar-refractivity contribution in [2.75, 3.05) is 0 Å². The van der Waals surface area contributed by atoms with E-state index in [4.69, 9.17) is 11.6 Å². The first-order valence-electron chi connectivity index (χ1n) is 6.42. The summed E-state index contributed by atoms with van der Waals surface area (Å²) in [5.74, 6) is 0. The van der Waals surface area contributed by atoms with Gasteiger partial charge in [-0.1, -0.05) is 68.2 Å². The van der Waals surface area contributed by atoms with E-state index in [1.165, 1.54) is 12.8 Å². The predicted octanol–water partition coefficient (Wildman–Crippen LogP) is 6.27. The highest BCUT2D eigenvalue weighted by molar-refractivity contribution is 6.20. The molecule has 0 aromatic rings. The molecular weight excluding hydrogens is 204 g/mol. The van der Waals surface area contributed by atoms with Crippen molar-refractivity contribution in [1.82, 2.24) is 0 Å². The van der Waals surface area contributed by atoms with Crippen LogP contribution in [0.5, 0.6) is 0 Å². The third kappa shape index (κ3) is 40.6. The van der Waals surface area contributed by atoms with Crippen molar-refractivity contribution in [2.45, 2.75) is 86.5 Å². The number of hydrogen-bond acceptors (Lipinski definition) is 0. The minimum atomic E-state index is 0.407. The van der Waals surface area contributed by atoms with Crippen LogP contribution in [0.25, 0.3) is 0 Å². The van der Waals surface area contributed by atoms with Gasteiger partial charge in [-0.15, -0.1) is 11.6 Å². The molecule has 0 aromatic carbocycles. The van der Waals surface area contributed by atoms with E-state index in [2.05, 4.69) is 55.4 Å². The SMILES string of the molecule is CCC.CCC(C)(C)C.CCC(Cl)CC. The Hall–Kier alpha value is 0.290. The average molecular weight is 237 g/mol. The maximum Gasteiger partial charge on any atom is 0.0330 e. The van der Waals surface area contributed by atoms with Crippen molar-refractivity contribution in [3.63, 3.8) is 0 Å². The molecule has 96 valence electrons. The first kappa shape index (κ1) is 20.7. The maximum atomic E-state index is 5.65. The van der Waals surface area contributed by atoms with Gasteiger partial charge in [0.15, 0.2) is 0 Å². The molecule has 0 bridgehead atoms. The third-order valence-corrected chi connectivity index (χ3v) is 2.56. The lowest BCUT2D eigenvalue weighted by Crippen LogP contribution is -2.00. The zero-order chi connectivity index (χ0) is 12.9. The molecule has 0 rings (SSSR count). The first-order chi connectivity index (χ1) is 6.78. The zero-order valence-electron chi connectivity index (χ0n) is 12.3. The molecule has 0 aliphatic carbocycles. The predicted molar refractivity (Wildman–Crippen MR) is 75.9 cm³/mol. The van der Waals surface area contributed by atoms with Crippen LogP contribution in [-0.4, -0.2) is 5.38 Å². The summed E-state index contributed by atoms with van der Waals surface area (Å²) < 4.78 is 0. The van der Waals surface area contributed by atoms with Crippen LogP contribution >= 0.6 is 11.6 Å². The van der Waals surface area contributed by atoms with Crippen LogP contribution < -0.4 is 0 Å². The fourth-order valence-electron chi connectivity index (χ4n) is 0.289. The lowest BCUT2D eigenvalue weighted by molar-refractivity contribution is 0.398. The highest BCUT2D eigenvalue weighted by atomic mass is 35.5. The van der Waals surface area contributed by atoms with Crippen molar-refractivity contribution in [3.05, 3.63) is 0 Å². The molecule has 0 heterocycles. The van der Waals surface area contributed by atoms with E-state index in [0.717, 1.165) is 12.8 Å². The Labute approximate surface area is 104 Å². The lowest BCUT2D eigenvalue weighted by Gasteiger charge is -2.12. The van der Waals surface area contributed by atoms with E-state index in [9.17, 15) is 0 Å². The molecular formula is C14H33Cl. The smallest absolute Gasteiger partial charge is 0.0330 e. The standard InChI is InChI=1S/C6H14.C5H11Cl.C3H8/c1-5-6(2,3)4;1-3-5(6)4-2;1-3-2/h5H2,1-4H3;5H,3-4H2,1-2H3;3H2,1-2H3. The first-order valence-corrected chi connectivity index (χ1v) is 6.86. The third-order valence-electron chi connectivity index (χ3n) is 1.95. The fourth-order valence-corrected chi connectivity index (χ4v) is 0.289. The summed E-state index contributed by atoms with van der Waals surface area (Å²) in [6.07, 6.45) is 4.71. The van der Waals surface area contributed by atoms with E-state index in [-0.39, 0.29) is 0 Å². The normalized spacial score (nSPS) is 10.0. The molecule has 1 heteroatoms. The Bertz CT molecular complexity index is 88.0. The minimum Gasteiger partial charge on any atom is -0.123 e. The Balaban J connectivity index is -0.000000153. The molecule has 0 nitrogen and oxygen atoms in total. The molecule has 0 aliphatic rings. The van der Waals surface area contributed by atoms with Crippen molar-refractivity contribution >= 4 is 11.6 Å². The Kier molecular flexibility index (Phi) is 19.7. The van der Waals surface area contributed by atoms with Gasteiger partial charge in [0, 0.05) is 5.38 Å². The number of halogens is 1. The van der Waals surface area contributed by atoms with E-state index in [1.807, 2.05) is 0 Å². The average Bonchev–Trinajstić information content (AvgIpc) is 2.18. The van der Waals surface area contributed by atoms with Crippen LogP contribution in [-0.2, 0) is 0 Å².